The topological polar surface area (TPSA) is 47.0 Å². The molecule has 2 fully saturated rings. The molecule has 0 unspecified atom stereocenters. The lowest BCUT2D eigenvalue weighted by molar-refractivity contribution is -0.136. The fraction of sp³-hybridized carbons (Fsp3) is 0.381. The Morgan fingerprint density at radius 3 is 2.36 bits per heavy atom. The van der Waals surface area contributed by atoms with Crippen LogP contribution in [0.1, 0.15) is 48.2 Å². The van der Waals surface area contributed by atoms with Gasteiger partial charge in [-0.25, -0.2) is 4.98 Å². The number of benzene rings is 1. The van der Waals surface area contributed by atoms with Gasteiger partial charge in [-0.3, -0.25) is 9.59 Å². The van der Waals surface area contributed by atoms with Crippen molar-refractivity contribution in [1.29, 1.82) is 0 Å². The maximum absolute atomic E-state index is 12.8. The van der Waals surface area contributed by atoms with Crippen LogP contribution in [0.15, 0.2) is 30.8 Å². The number of hydrogen-bond donors (Lipinski definition) is 0. The standard InChI is InChI=1S/C21H21NO2S/c1-3-12-5-7-13(8-6-12)21-22-18(16(4-2)25-21)17-19(23)14-9-10-15(11-14)20(17)24/h3,5-8,14-15,17H,1,4,9-11H2,2H3/t14-,15-/m1/s1. The van der Waals surface area contributed by atoms with Crippen LogP contribution >= 0.6 is 11.3 Å². The summed E-state index contributed by atoms with van der Waals surface area (Å²) < 4.78 is 0. The van der Waals surface area contributed by atoms with Crippen molar-refractivity contribution in [3.8, 4) is 10.6 Å². The fourth-order valence-corrected chi connectivity index (χ4v) is 5.15. The summed E-state index contributed by atoms with van der Waals surface area (Å²) >= 11 is 1.61. The van der Waals surface area contributed by atoms with Gasteiger partial charge in [-0.2, -0.15) is 0 Å². The summed E-state index contributed by atoms with van der Waals surface area (Å²) in [6, 6.07) is 8.05. The van der Waals surface area contributed by atoms with Crippen molar-refractivity contribution in [2.75, 3.05) is 0 Å². The molecule has 0 spiro atoms. The van der Waals surface area contributed by atoms with E-state index in [0.717, 1.165) is 52.4 Å². The number of hydrogen-bond acceptors (Lipinski definition) is 4. The van der Waals surface area contributed by atoms with Crippen molar-refractivity contribution >= 4 is 29.0 Å². The van der Waals surface area contributed by atoms with Gasteiger partial charge in [0.1, 0.15) is 10.9 Å². The number of Topliss-reactive ketones (excluding diaryl/α,β-unsaturated/α-hetero) is 2. The van der Waals surface area contributed by atoms with Gasteiger partial charge in [0.05, 0.1) is 5.69 Å². The van der Waals surface area contributed by atoms with Gasteiger partial charge >= 0.3 is 0 Å². The van der Waals surface area contributed by atoms with Gasteiger partial charge in [0.15, 0.2) is 11.6 Å². The highest BCUT2D eigenvalue weighted by molar-refractivity contribution is 7.15. The van der Waals surface area contributed by atoms with Crippen LogP contribution in [-0.2, 0) is 16.0 Å². The summed E-state index contributed by atoms with van der Waals surface area (Å²) in [5.74, 6) is -0.290. The molecule has 1 heterocycles. The quantitative estimate of drug-likeness (QED) is 0.752. The van der Waals surface area contributed by atoms with E-state index in [-0.39, 0.29) is 23.4 Å². The Kier molecular flexibility index (Phi) is 4.16. The molecule has 25 heavy (non-hydrogen) atoms. The van der Waals surface area contributed by atoms with Gasteiger partial charge in [-0.05, 0) is 31.2 Å². The van der Waals surface area contributed by atoms with Crippen molar-refractivity contribution in [2.24, 2.45) is 11.8 Å². The highest BCUT2D eigenvalue weighted by atomic mass is 32.1. The van der Waals surface area contributed by atoms with Crippen molar-refractivity contribution < 1.29 is 9.59 Å². The lowest BCUT2D eigenvalue weighted by Crippen LogP contribution is -2.35. The van der Waals surface area contributed by atoms with Gasteiger partial charge in [-0.1, -0.05) is 43.8 Å². The predicted molar refractivity (Wildman–Crippen MR) is 101 cm³/mol. The zero-order valence-electron chi connectivity index (χ0n) is 14.3. The second kappa shape index (κ2) is 6.34. The molecule has 4 rings (SSSR count). The molecule has 2 aliphatic carbocycles. The second-order valence-electron chi connectivity index (χ2n) is 6.95. The van der Waals surface area contributed by atoms with E-state index in [1.807, 2.05) is 30.3 Å². The number of carbonyl (C=O) groups is 2. The normalized spacial score (nSPS) is 25.4. The zero-order chi connectivity index (χ0) is 17.6. The molecule has 0 saturated heterocycles. The molecule has 3 nitrogen and oxygen atoms in total. The van der Waals surface area contributed by atoms with E-state index in [2.05, 4.69) is 13.5 Å². The number of carbonyl (C=O) groups excluding carboxylic acids is 2. The van der Waals surface area contributed by atoms with E-state index in [0.29, 0.717) is 0 Å². The molecular formula is C21H21NO2S. The molecule has 0 aliphatic heterocycles. The van der Waals surface area contributed by atoms with Crippen LogP contribution in [0.5, 0.6) is 0 Å². The average Bonchev–Trinajstić information content (AvgIpc) is 3.26. The molecule has 1 aromatic carbocycles. The van der Waals surface area contributed by atoms with Crippen LogP contribution in [0.25, 0.3) is 16.6 Å². The third-order valence-corrected chi connectivity index (χ3v) is 6.79. The van der Waals surface area contributed by atoms with Crippen LogP contribution < -0.4 is 0 Å². The summed E-state index contributed by atoms with van der Waals surface area (Å²) in [5, 5.41) is 0.890. The minimum atomic E-state index is -0.626. The first kappa shape index (κ1) is 16.4. The number of ketones is 2. The van der Waals surface area contributed by atoms with Crippen LogP contribution in [-0.4, -0.2) is 16.6 Å². The van der Waals surface area contributed by atoms with E-state index < -0.39 is 5.92 Å². The number of nitrogens with zero attached hydrogens (tertiary/aromatic N) is 1. The van der Waals surface area contributed by atoms with Crippen LogP contribution in [0.2, 0.25) is 0 Å². The van der Waals surface area contributed by atoms with E-state index in [9.17, 15) is 9.59 Å². The summed E-state index contributed by atoms with van der Waals surface area (Å²) in [6.45, 7) is 5.84. The van der Waals surface area contributed by atoms with E-state index in [1.54, 1.807) is 11.3 Å². The molecule has 4 heteroatoms. The van der Waals surface area contributed by atoms with Gasteiger partial charge < -0.3 is 0 Å². The maximum atomic E-state index is 12.8. The molecule has 0 N–H and O–H groups in total. The third kappa shape index (κ3) is 2.69. The van der Waals surface area contributed by atoms with E-state index >= 15 is 0 Å². The summed E-state index contributed by atoms with van der Waals surface area (Å²) in [6.07, 6.45) is 5.10. The third-order valence-electron chi connectivity index (χ3n) is 5.52. The smallest absolute Gasteiger partial charge is 0.152 e. The first-order valence-corrected chi connectivity index (χ1v) is 9.74. The summed E-state index contributed by atoms with van der Waals surface area (Å²) in [7, 11) is 0. The minimum absolute atomic E-state index is 0.0643. The Bertz CT molecular complexity index is 827. The molecule has 2 aromatic rings. The molecule has 2 bridgehead atoms. The Hall–Kier alpha value is -2.07. The van der Waals surface area contributed by atoms with Crippen molar-refractivity contribution in [3.05, 3.63) is 47.0 Å². The number of fused-ring (bicyclic) bond motifs is 2. The van der Waals surface area contributed by atoms with Crippen LogP contribution in [0, 0.1) is 11.8 Å². The Balaban J connectivity index is 1.74. The van der Waals surface area contributed by atoms with E-state index in [4.69, 9.17) is 4.98 Å². The fourth-order valence-electron chi connectivity index (χ4n) is 4.11. The second-order valence-corrected chi connectivity index (χ2v) is 8.04. The number of aryl methyl sites for hydroxylation is 1. The lowest BCUT2D eigenvalue weighted by atomic mass is 9.77. The molecule has 2 atom stereocenters. The molecule has 128 valence electrons. The molecule has 2 aliphatic rings. The minimum Gasteiger partial charge on any atom is -0.298 e. The van der Waals surface area contributed by atoms with Crippen LogP contribution in [0.3, 0.4) is 0 Å². The Labute approximate surface area is 151 Å². The van der Waals surface area contributed by atoms with Crippen molar-refractivity contribution in [3.63, 3.8) is 0 Å². The largest absolute Gasteiger partial charge is 0.298 e. The van der Waals surface area contributed by atoms with Gasteiger partial charge in [-0.15, -0.1) is 11.3 Å². The Morgan fingerprint density at radius 1 is 1.16 bits per heavy atom. The number of thiazole rings is 1. The number of rotatable bonds is 4. The van der Waals surface area contributed by atoms with E-state index in [1.165, 1.54) is 0 Å². The number of aromatic nitrogens is 1. The van der Waals surface area contributed by atoms with Gasteiger partial charge in [0.25, 0.3) is 0 Å². The molecule has 1 aromatic heterocycles. The van der Waals surface area contributed by atoms with Gasteiger partial charge in [0.2, 0.25) is 0 Å². The molecule has 0 amide bonds. The summed E-state index contributed by atoms with van der Waals surface area (Å²) in [4.78, 5) is 31.5. The van der Waals surface area contributed by atoms with Gasteiger partial charge in [0, 0.05) is 22.3 Å². The van der Waals surface area contributed by atoms with Crippen molar-refractivity contribution in [2.45, 2.75) is 38.5 Å². The molecular weight excluding hydrogens is 330 g/mol. The summed E-state index contributed by atoms with van der Waals surface area (Å²) in [5.41, 5.74) is 2.81. The first-order valence-electron chi connectivity index (χ1n) is 8.92. The molecule has 2 saturated carbocycles. The van der Waals surface area contributed by atoms with Crippen molar-refractivity contribution in [1.82, 2.24) is 4.98 Å². The lowest BCUT2D eigenvalue weighted by Gasteiger charge is -2.24. The predicted octanol–water partition coefficient (Wildman–Crippen LogP) is 4.67. The highest BCUT2D eigenvalue weighted by Crippen LogP contribution is 2.45. The first-order chi connectivity index (χ1) is 12.1. The highest BCUT2D eigenvalue weighted by Gasteiger charge is 2.48. The van der Waals surface area contributed by atoms with Crippen LogP contribution in [0.4, 0.5) is 0 Å². The zero-order valence-corrected chi connectivity index (χ0v) is 15.1. The average molecular weight is 351 g/mol. The maximum Gasteiger partial charge on any atom is 0.152 e. The Morgan fingerprint density at radius 2 is 1.80 bits per heavy atom. The SMILES string of the molecule is C=Cc1ccc(-c2nc(C3C(=O)[C@@H]4CC[C@H](C4)C3=O)c(CC)s2)cc1. The monoisotopic (exact) mass is 351 g/mol. The molecule has 0 radical (unpaired) electrons.